The molecule has 0 aromatic heterocycles. The van der Waals surface area contributed by atoms with Crippen molar-refractivity contribution in [3.05, 3.63) is 0 Å². The zero-order valence-electron chi connectivity index (χ0n) is 12.8. The smallest absolute Gasteiger partial charge is 0.410 e. The highest BCUT2D eigenvalue weighted by molar-refractivity contribution is 5.67. The van der Waals surface area contributed by atoms with E-state index >= 15 is 0 Å². The molecule has 1 aliphatic heterocycles. The van der Waals surface area contributed by atoms with Gasteiger partial charge in [-0.2, -0.15) is 0 Å². The molecule has 5 heteroatoms. The Hall–Kier alpha value is -0.810. The third kappa shape index (κ3) is 6.78. The van der Waals surface area contributed by atoms with E-state index in [-0.39, 0.29) is 12.2 Å². The van der Waals surface area contributed by atoms with Gasteiger partial charge in [-0.15, -0.1) is 0 Å². The Bertz CT molecular complexity index is 261. The number of piperazine rings is 1. The van der Waals surface area contributed by atoms with Crippen LogP contribution in [0.5, 0.6) is 0 Å². The summed E-state index contributed by atoms with van der Waals surface area (Å²) in [6.07, 6.45) is -0.210. The molecule has 0 spiro atoms. The van der Waals surface area contributed by atoms with Crippen LogP contribution in [0.25, 0.3) is 0 Å². The highest BCUT2D eigenvalue weighted by Gasteiger charge is 2.22. The van der Waals surface area contributed by atoms with Gasteiger partial charge in [0.25, 0.3) is 0 Å². The Labute approximate surface area is 117 Å². The molecule has 0 atom stereocenters. The zero-order chi connectivity index (χ0) is 14.3. The number of nitrogens with one attached hydrogen (secondary N) is 1. The lowest BCUT2D eigenvalue weighted by Gasteiger charge is -2.34. The largest absolute Gasteiger partial charge is 0.447 e. The third-order valence-corrected chi connectivity index (χ3v) is 3.12. The van der Waals surface area contributed by atoms with Gasteiger partial charge in [-0.05, 0) is 26.3 Å². The van der Waals surface area contributed by atoms with Crippen molar-refractivity contribution in [1.29, 1.82) is 0 Å². The van der Waals surface area contributed by atoms with E-state index in [0.717, 1.165) is 45.8 Å². The summed E-state index contributed by atoms with van der Waals surface area (Å²) >= 11 is 0. The second-order valence-electron chi connectivity index (χ2n) is 5.86. The lowest BCUT2D eigenvalue weighted by molar-refractivity contribution is 0.0573. The molecule has 0 saturated carbocycles. The second kappa shape index (κ2) is 8.38. The van der Waals surface area contributed by atoms with E-state index < -0.39 is 0 Å². The molecular formula is C14H29N3O2. The number of nitrogens with zero attached hydrogens (tertiary/aromatic N) is 2. The highest BCUT2D eigenvalue weighted by Crippen LogP contribution is 2.04. The SMILES string of the molecule is CC(C)CNCCN1CCN(C(=O)OC(C)C)CC1. The number of ether oxygens (including phenoxy) is 1. The van der Waals surface area contributed by atoms with Crippen molar-refractivity contribution >= 4 is 6.09 Å². The monoisotopic (exact) mass is 271 g/mol. The number of carbonyl (C=O) groups excluding carboxylic acids is 1. The van der Waals surface area contributed by atoms with Crippen LogP contribution in [0.1, 0.15) is 27.7 Å². The van der Waals surface area contributed by atoms with Crippen LogP contribution < -0.4 is 5.32 Å². The molecule has 5 nitrogen and oxygen atoms in total. The minimum Gasteiger partial charge on any atom is -0.447 e. The summed E-state index contributed by atoms with van der Waals surface area (Å²) in [7, 11) is 0. The predicted octanol–water partition coefficient (Wildman–Crippen LogP) is 1.39. The van der Waals surface area contributed by atoms with Gasteiger partial charge in [-0.1, -0.05) is 13.8 Å². The normalized spacial score (nSPS) is 17.3. The van der Waals surface area contributed by atoms with E-state index in [1.807, 2.05) is 13.8 Å². The van der Waals surface area contributed by atoms with Crippen LogP contribution in [-0.4, -0.2) is 67.8 Å². The Morgan fingerprint density at radius 1 is 1.16 bits per heavy atom. The summed E-state index contributed by atoms with van der Waals surface area (Å²) in [5.41, 5.74) is 0. The van der Waals surface area contributed by atoms with E-state index in [9.17, 15) is 4.79 Å². The maximum absolute atomic E-state index is 11.7. The molecule has 1 aliphatic rings. The van der Waals surface area contributed by atoms with Gasteiger partial charge in [0.15, 0.2) is 0 Å². The number of carbonyl (C=O) groups is 1. The molecule has 1 rings (SSSR count). The minimum absolute atomic E-state index is 0.0363. The van der Waals surface area contributed by atoms with E-state index in [1.165, 1.54) is 0 Å². The summed E-state index contributed by atoms with van der Waals surface area (Å²) in [5, 5.41) is 3.45. The van der Waals surface area contributed by atoms with Crippen molar-refractivity contribution in [3.63, 3.8) is 0 Å². The second-order valence-corrected chi connectivity index (χ2v) is 5.86. The molecule has 0 aliphatic carbocycles. The van der Waals surface area contributed by atoms with Crippen LogP contribution in [-0.2, 0) is 4.74 Å². The molecular weight excluding hydrogens is 242 g/mol. The number of hydrogen-bond acceptors (Lipinski definition) is 4. The van der Waals surface area contributed by atoms with Gasteiger partial charge < -0.3 is 15.0 Å². The summed E-state index contributed by atoms with van der Waals surface area (Å²) < 4.78 is 5.21. The summed E-state index contributed by atoms with van der Waals surface area (Å²) in [6, 6.07) is 0. The third-order valence-electron chi connectivity index (χ3n) is 3.12. The minimum atomic E-state index is -0.174. The Balaban J connectivity index is 2.13. The summed E-state index contributed by atoms with van der Waals surface area (Å²) in [4.78, 5) is 15.9. The van der Waals surface area contributed by atoms with Crippen molar-refractivity contribution in [1.82, 2.24) is 15.1 Å². The van der Waals surface area contributed by atoms with Crippen LogP contribution >= 0.6 is 0 Å². The topological polar surface area (TPSA) is 44.8 Å². The van der Waals surface area contributed by atoms with E-state index in [4.69, 9.17) is 4.74 Å². The molecule has 1 saturated heterocycles. The molecule has 0 bridgehead atoms. The first-order valence-corrected chi connectivity index (χ1v) is 7.37. The van der Waals surface area contributed by atoms with Crippen LogP contribution in [0.15, 0.2) is 0 Å². The molecule has 0 unspecified atom stereocenters. The van der Waals surface area contributed by atoms with Gasteiger partial charge in [0.1, 0.15) is 0 Å². The average Bonchev–Trinajstić information content (AvgIpc) is 2.34. The number of amides is 1. The van der Waals surface area contributed by atoms with E-state index in [2.05, 4.69) is 24.1 Å². The first-order chi connectivity index (χ1) is 8.99. The number of hydrogen-bond donors (Lipinski definition) is 1. The standard InChI is InChI=1S/C14H29N3O2/c1-12(2)11-15-5-6-16-7-9-17(10-8-16)14(18)19-13(3)4/h12-13,15H,5-11H2,1-4H3. The lowest BCUT2D eigenvalue weighted by atomic mass is 10.2. The van der Waals surface area contributed by atoms with Gasteiger partial charge in [0, 0.05) is 39.3 Å². The lowest BCUT2D eigenvalue weighted by Crippen LogP contribution is -2.50. The summed E-state index contributed by atoms with van der Waals surface area (Å²) in [5.74, 6) is 0.697. The van der Waals surface area contributed by atoms with Gasteiger partial charge >= 0.3 is 6.09 Å². The van der Waals surface area contributed by atoms with Crippen LogP contribution in [0.2, 0.25) is 0 Å². The Morgan fingerprint density at radius 3 is 2.32 bits per heavy atom. The van der Waals surface area contributed by atoms with Crippen molar-refractivity contribution in [2.45, 2.75) is 33.8 Å². The first-order valence-electron chi connectivity index (χ1n) is 7.37. The fourth-order valence-electron chi connectivity index (χ4n) is 2.06. The maximum Gasteiger partial charge on any atom is 0.410 e. The molecule has 0 aromatic rings. The molecule has 19 heavy (non-hydrogen) atoms. The van der Waals surface area contributed by atoms with E-state index in [0.29, 0.717) is 5.92 Å². The predicted molar refractivity (Wildman–Crippen MR) is 77.3 cm³/mol. The molecule has 0 aromatic carbocycles. The maximum atomic E-state index is 11.7. The molecule has 1 amide bonds. The van der Waals surface area contributed by atoms with Crippen molar-refractivity contribution in [3.8, 4) is 0 Å². The Kier molecular flexibility index (Phi) is 7.16. The van der Waals surface area contributed by atoms with Gasteiger partial charge in [0.2, 0.25) is 0 Å². The molecule has 1 heterocycles. The average molecular weight is 271 g/mol. The molecule has 112 valence electrons. The van der Waals surface area contributed by atoms with Gasteiger partial charge in [-0.3, -0.25) is 4.90 Å². The fraction of sp³-hybridized carbons (Fsp3) is 0.929. The fourth-order valence-corrected chi connectivity index (χ4v) is 2.06. The van der Waals surface area contributed by atoms with Crippen molar-refractivity contribution < 1.29 is 9.53 Å². The first kappa shape index (κ1) is 16.2. The highest BCUT2D eigenvalue weighted by atomic mass is 16.6. The molecule has 0 radical (unpaired) electrons. The van der Waals surface area contributed by atoms with Crippen LogP contribution in [0.3, 0.4) is 0 Å². The van der Waals surface area contributed by atoms with Crippen molar-refractivity contribution in [2.75, 3.05) is 45.8 Å². The summed E-state index contributed by atoms with van der Waals surface area (Å²) in [6.45, 7) is 14.8. The quantitative estimate of drug-likeness (QED) is 0.742. The molecule has 1 N–H and O–H groups in total. The Morgan fingerprint density at radius 2 is 1.79 bits per heavy atom. The van der Waals surface area contributed by atoms with Crippen LogP contribution in [0, 0.1) is 5.92 Å². The van der Waals surface area contributed by atoms with Gasteiger partial charge in [0.05, 0.1) is 6.10 Å². The van der Waals surface area contributed by atoms with Gasteiger partial charge in [-0.25, -0.2) is 4.79 Å². The van der Waals surface area contributed by atoms with Crippen LogP contribution in [0.4, 0.5) is 4.79 Å². The zero-order valence-corrected chi connectivity index (χ0v) is 12.8. The molecule has 1 fully saturated rings. The number of rotatable bonds is 6. The van der Waals surface area contributed by atoms with Crippen molar-refractivity contribution in [2.24, 2.45) is 5.92 Å². The van der Waals surface area contributed by atoms with E-state index in [1.54, 1.807) is 4.90 Å².